The highest BCUT2D eigenvalue weighted by Gasteiger charge is 2.29. The maximum Gasteiger partial charge on any atom is 0.248 e. The Morgan fingerprint density at radius 2 is 2.33 bits per heavy atom. The molecular weight excluding hydrogens is 196 g/mol. The number of morpholine rings is 1. The number of amides is 2. The molecule has 0 atom stereocenters. The Hall–Kier alpha value is -1.10. The van der Waals surface area contributed by atoms with Crippen LogP contribution < -0.4 is 5.32 Å². The van der Waals surface area contributed by atoms with Crippen molar-refractivity contribution >= 4 is 11.8 Å². The number of carbonyl (C=O) groups is 2. The Morgan fingerprint density at radius 1 is 1.53 bits per heavy atom. The highest BCUT2D eigenvalue weighted by atomic mass is 16.5. The molecule has 1 heterocycles. The van der Waals surface area contributed by atoms with Gasteiger partial charge in [0.05, 0.1) is 6.61 Å². The van der Waals surface area contributed by atoms with E-state index in [4.69, 9.17) is 4.74 Å². The molecule has 0 bridgehead atoms. The number of hydrogen-bond donors (Lipinski definition) is 1. The summed E-state index contributed by atoms with van der Waals surface area (Å²) in [6, 6.07) is 0. The third kappa shape index (κ3) is 2.92. The lowest BCUT2D eigenvalue weighted by Crippen LogP contribution is -2.45. The third-order valence-corrected chi connectivity index (χ3v) is 2.71. The Labute approximate surface area is 88.8 Å². The van der Waals surface area contributed by atoms with Crippen LogP contribution in [-0.4, -0.2) is 49.6 Å². The van der Waals surface area contributed by atoms with Crippen molar-refractivity contribution < 1.29 is 14.3 Å². The second kappa shape index (κ2) is 4.61. The molecule has 0 aromatic carbocycles. The van der Waals surface area contributed by atoms with Gasteiger partial charge in [0.15, 0.2) is 0 Å². The lowest BCUT2D eigenvalue weighted by molar-refractivity contribution is -0.142. The van der Waals surface area contributed by atoms with Crippen molar-refractivity contribution in [2.45, 2.75) is 12.8 Å². The predicted molar refractivity (Wildman–Crippen MR) is 53.1 cm³/mol. The van der Waals surface area contributed by atoms with E-state index in [1.54, 1.807) is 4.90 Å². The van der Waals surface area contributed by atoms with Crippen molar-refractivity contribution in [2.24, 2.45) is 5.92 Å². The van der Waals surface area contributed by atoms with Crippen LogP contribution in [-0.2, 0) is 14.3 Å². The maximum atomic E-state index is 11.3. The van der Waals surface area contributed by atoms with E-state index in [2.05, 4.69) is 5.32 Å². The maximum absolute atomic E-state index is 11.3. The summed E-state index contributed by atoms with van der Waals surface area (Å²) in [4.78, 5) is 24.3. The average molecular weight is 212 g/mol. The molecule has 1 saturated carbocycles. The van der Waals surface area contributed by atoms with E-state index in [1.165, 1.54) is 0 Å². The van der Waals surface area contributed by atoms with E-state index >= 15 is 0 Å². The molecule has 1 aliphatic heterocycles. The fourth-order valence-electron chi connectivity index (χ4n) is 1.59. The van der Waals surface area contributed by atoms with Gasteiger partial charge in [-0.3, -0.25) is 9.59 Å². The number of nitrogens with one attached hydrogen (secondary N) is 1. The number of nitrogens with zero attached hydrogens (tertiary/aromatic N) is 1. The summed E-state index contributed by atoms with van der Waals surface area (Å²) in [5.74, 6) is 0.392. The molecule has 2 aliphatic rings. The molecule has 0 unspecified atom stereocenters. The second-order valence-corrected chi connectivity index (χ2v) is 4.00. The van der Waals surface area contributed by atoms with Crippen LogP contribution in [0, 0.1) is 5.92 Å². The zero-order valence-corrected chi connectivity index (χ0v) is 8.70. The van der Waals surface area contributed by atoms with Gasteiger partial charge in [0.2, 0.25) is 11.8 Å². The molecule has 0 spiro atoms. The molecule has 0 radical (unpaired) electrons. The molecule has 2 rings (SSSR count). The summed E-state index contributed by atoms with van der Waals surface area (Å²) in [6.07, 6.45) is 2.03. The summed E-state index contributed by atoms with van der Waals surface area (Å²) < 4.78 is 5.01. The summed E-state index contributed by atoms with van der Waals surface area (Å²) in [6.45, 7) is 2.57. The van der Waals surface area contributed by atoms with Gasteiger partial charge in [-0.25, -0.2) is 0 Å². The first-order valence-corrected chi connectivity index (χ1v) is 5.40. The molecule has 1 saturated heterocycles. The fraction of sp³-hybridized carbons (Fsp3) is 0.800. The molecule has 5 heteroatoms. The lowest BCUT2D eigenvalue weighted by atomic mass is 10.3. The van der Waals surface area contributed by atoms with Crippen molar-refractivity contribution in [1.29, 1.82) is 0 Å². The van der Waals surface area contributed by atoms with Crippen LogP contribution in [0.2, 0.25) is 0 Å². The second-order valence-electron chi connectivity index (χ2n) is 4.00. The predicted octanol–water partition coefficient (Wildman–Crippen LogP) is -0.629. The van der Waals surface area contributed by atoms with Crippen molar-refractivity contribution in [2.75, 3.05) is 32.8 Å². The van der Waals surface area contributed by atoms with Gasteiger partial charge in [0.1, 0.15) is 6.61 Å². The fourth-order valence-corrected chi connectivity index (χ4v) is 1.59. The highest BCUT2D eigenvalue weighted by molar-refractivity contribution is 5.81. The van der Waals surface area contributed by atoms with Gasteiger partial charge in [-0.05, 0) is 12.8 Å². The molecule has 2 fully saturated rings. The average Bonchev–Trinajstić information content (AvgIpc) is 3.04. The molecule has 1 aliphatic carbocycles. The number of hydrogen-bond acceptors (Lipinski definition) is 3. The van der Waals surface area contributed by atoms with Crippen molar-refractivity contribution in [1.82, 2.24) is 10.2 Å². The first kappa shape index (κ1) is 10.4. The first-order valence-electron chi connectivity index (χ1n) is 5.40. The summed E-state index contributed by atoms with van der Waals surface area (Å²) in [7, 11) is 0. The molecule has 84 valence electrons. The molecule has 1 N–H and O–H groups in total. The number of rotatable bonds is 4. The zero-order chi connectivity index (χ0) is 10.7. The highest BCUT2D eigenvalue weighted by Crippen LogP contribution is 2.28. The van der Waals surface area contributed by atoms with Crippen LogP contribution in [0.3, 0.4) is 0 Å². The van der Waals surface area contributed by atoms with Gasteiger partial charge in [-0.1, -0.05) is 0 Å². The number of carbonyl (C=O) groups excluding carboxylic acids is 2. The van der Waals surface area contributed by atoms with Gasteiger partial charge >= 0.3 is 0 Å². The smallest absolute Gasteiger partial charge is 0.248 e. The normalized spacial score (nSPS) is 21.6. The van der Waals surface area contributed by atoms with Crippen molar-refractivity contribution in [3.05, 3.63) is 0 Å². The van der Waals surface area contributed by atoms with Gasteiger partial charge in [-0.15, -0.1) is 0 Å². The van der Waals surface area contributed by atoms with Crippen LogP contribution in [0.15, 0.2) is 0 Å². The van der Waals surface area contributed by atoms with Crippen LogP contribution in [0.1, 0.15) is 12.8 Å². The molecule has 15 heavy (non-hydrogen) atoms. The third-order valence-electron chi connectivity index (χ3n) is 2.71. The van der Waals surface area contributed by atoms with E-state index < -0.39 is 0 Å². The van der Waals surface area contributed by atoms with E-state index in [0.29, 0.717) is 26.2 Å². The standard InChI is InChI=1S/C10H16N2O3/c13-9-7-15-6-5-12(9)4-3-11-10(14)8-1-2-8/h8H,1-7H2,(H,11,14). The molecular formula is C10H16N2O3. The van der Waals surface area contributed by atoms with Crippen LogP contribution in [0.5, 0.6) is 0 Å². The zero-order valence-electron chi connectivity index (χ0n) is 8.70. The molecule has 5 nitrogen and oxygen atoms in total. The van der Waals surface area contributed by atoms with E-state index in [-0.39, 0.29) is 24.3 Å². The largest absolute Gasteiger partial charge is 0.370 e. The van der Waals surface area contributed by atoms with Gasteiger partial charge in [-0.2, -0.15) is 0 Å². The molecule has 0 aromatic rings. The number of ether oxygens (including phenoxy) is 1. The monoisotopic (exact) mass is 212 g/mol. The quantitative estimate of drug-likeness (QED) is 0.675. The topological polar surface area (TPSA) is 58.6 Å². The Kier molecular flexibility index (Phi) is 3.20. The van der Waals surface area contributed by atoms with Crippen molar-refractivity contribution in [3.63, 3.8) is 0 Å². The minimum Gasteiger partial charge on any atom is -0.370 e. The van der Waals surface area contributed by atoms with Crippen LogP contribution in [0.4, 0.5) is 0 Å². The molecule has 0 aromatic heterocycles. The minimum absolute atomic E-state index is 0.0157. The van der Waals surface area contributed by atoms with Crippen LogP contribution >= 0.6 is 0 Å². The van der Waals surface area contributed by atoms with E-state index in [1.807, 2.05) is 0 Å². The summed E-state index contributed by atoms with van der Waals surface area (Å²) in [5.41, 5.74) is 0. The van der Waals surface area contributed by atoms with Gasteiger partial charge in [0, 0.05) is 25.6 Å². The van der Waals surface area contributed by atoms with Crippen molar-refractivity contribution in [3.8, 4) is 0 Å². The Balaban J connectivity index is 1.63. The Bertz CT molecular complexity index is 263. The SMILES string of the molecule is O=C(NCCN1CCOCC1=O)C1CC1. The lowest BCUT2D eigenvalue weighted by Gasteiger charge is -2.26. The van der Waals surface area contributed by atoms with Gasteiger partial charge < -0.3 is 15.0 Å². The summed E-state index contributed by atoms with van der Waals surface area (Å²) >= 11 is 0. The summed E-state index contributed by atoms with van der Waals surface area (Å²) in [5, 5.41) is 2.84. The van der Waals surface area contributed by atoms with Crippen LogP contribution in [0.25, 0.3) is 0 Å². The molecule has 2 amide bonds. The van der Waals surface area contributed by atoms with Gasteiger partial charge in [0.25, 0.3) is 0 Å². The van der Waals surface area contributed by atoms with E-state index in [0.717, 1.165) is 12.8 Å². The first-order chi connectivity index (χ1) is 7.27. The minimum atomic E-state index is 0.0157. The van der Waals surface area contributed by atoms with E-state index in [9.17, 15) is 9.59 Å². The Morgan fingerprint density at radius 3 is 3.00 bits per heavy atom.